The van der Waals surface area contributed by atoms with E-state index in [0.29, 0.717) is 0 Å². The van der Waals surface area contributed by atoms with Crippen LogP contribution in [0.3, 0.4) is 0 Å². The topological polar surface area (TPSA) is 32.7 Å². The van der Waals surface area contributed by atoms with Crippen molar-refractivity contribution in [3.63, 3.8) is 0 Å². The van der Waals surface area contributed by atoms with E-state index in [-0.39, 0.29) is 18.1 Å². The van der Waals surface area contributed by atoms with Crippen LogP contribution in [0.2, 0.25) is 0 Å². The SMILES string of the molecule is CCC(C1CCC(C)C(O)O1)N(S)Cc1ccccc1. The van der Waals surface area contributed by atoms with Gasteiger partial charge in [0.15, 0.2) is 6.29 Å². The predicted molar refractivity (Wildman–Crippen MR) is 84.3 cm³/mol. The molecule has 20 heavy (non-hydrogen) atoms. The highest BCUT2D eigenvalue weighted by Gasteiger charge is 2.33. The fourth-order valence-electron chi connectivity index (χ4n) is 2.79. The maximum atomic E-state index is 9.90. The standard InChI is InChI=1S/C16H25NO2S/c1-3-14(15-10-9-12(2)16(18)19-15)17(20)11-13-7-5-4-6-8-13/h4-8,12,14-16,18,20H,3,9-11H2,1-2H3. The molecule has 1 aliphatic heterocycles. The highest BCUT2D eigenvalue weighted by Crippen LogP contribution is 2.29. The van der Waals surface area contributed by atoms with Crippen molar-refractivity contribution >= 4 is 12.8 Å². The third-order valence-corrected chi connectivity index (χ3v) is 4.56. The smallest absolute Gasteiger partial charge is 0.157 e. The number of hydrogen-bond acceptors (Lipinski definition) is 4. The second-order valence-electron chi connectivity index (χ2n) is 5.68. The number of benzene rings is 1. The van der Waals surface area contributed by atoms with Crippen molar-refractivity contribution in [2.75, 3.05) is 0 Å². The molecule has 3 nitrogen and oxygen atoms in total. The van der Waals surface area contributed by atoms with Gasteiger partial charge in [0.25, 0.3) is 0 Å². The molecule has 1 fully saturated rings. The van der Waals surface area contributed by atoms with Gasteiger partial charge in [0.05, 0.1) is 6.10 Å². The summed E-state index contributed by atoms with van der Waals surface area (Å²) >= 11 is 4.65. The summed E-state index contributed by atoms with van der Waals surface area (Å²) in [6.07, 6.45) is 2.38. The largest absolute Gasteiger partial charge is 0.368 e. The minimum Gasteiger partial charge on any atom is -0.368 e. The first-order valence-electron chi connectivity index (χ1n) is 7.44. The quantitative estimate of drug-likeness (QED) is 0.818. The van der Waals surface area contributed by atoms with Crippen LogP contribution in [0.5, 0.6) is 0 Å². The molecule has 0 radical (unpaired) electrons. The first-order chi connectivity index (χ1) is 9.61. The molecule has 112 valence electrons. The van der Waals surface area contributed by atoms with E-state index in [9.17, 15) is 5.11 Å². The van der Waals surface area contributed by atoms with E-state index in [1.165, 1.54) is 5.56 Å². The lowest BCUT2D eigenvalue weighted by molar-refractivity contribution is -0.201. The van der Waals surface area contributed by atoms with Gasteiger partial charge in [-0.05, 0) is 24.8 Å². The van der Waals surface area contributed by atoms with E-state index < -0.39 is 6.29 Å². The lowest BCUT2D eigenvalue weighted by Crippen LogP contribution is -2.45. The Kier molecular flexibility index (Phi) is 5.90. The number of hydrogen-bond donors (Lipinski definition) is 2. The maximum Gasteiger partial charge on any atom is 0.157 e. The van der Waals surface area contributed by atoms with Crippen molar-refractivity contribution in [3.8, 4) is 0 Å². The Morgan fingerprint density at radius 3 is 2.65 bits per heavy atom. The van der Waals surface area contributed by atoms with Crippen LogP contribution in [-0.2, 0) is 11.3 Å². The van der Waals surface area contributed by atoms with Gasteiger partial charge in [0, 0.05) is 18.5 Å². The Bertz CT molecular complexity index is 401. The van der Waals surface area contributed by atoms with Crippen molar-refractivity contribution in [3.05, 3.63) is 35.9 Å². The van der Waals surface area contributed by atoms with E-state index in [0.717, 1.165) is 25.8 Å². The molecule has 0 bridgehead atoms. The summed E-state index contributed by atoms with van der Waals surface area (Å²) in [6, 6.07) is 10.5. The van der Waals surface area contributed by atoms with Gasteiger partial charge in [-0.1, -0.05) is 57.0 Å². The molecule has 1 N–H and O–H groups in total. The average Bonchev–Trinajstić information content (AvgIpc) is 2.44. The highest BCUT2D eigenvalue weighted by molar-refractivity contribution is 7.77. The van der Waals surface area contributed by atoms with E-state index in [1.54, 1.807) is 0 Å². The number of aliphatic hydroxyl groups excluding tert-OH is 1. The van der Waals surface area contributed by atoms with Gasteiger partial charge >= 0.3 is 0 Å². The molecule has 4 heteroatoms. The van der Waals surface area contributed by atoms with Crippen LogP contribution in [0.1, 0.15) is 38.7 Å². The van der Waals surface area contributed by atoms with Gasteiger partial charge in [-0.15, -0.1) is 0 Å². The molecular weight excluding hydrogens is 270 g/mol. The monoisotopic (exact) mass is 295 g/mol. The van der Waals surface area contributed by atoms with Crippen molar-refractivity contribution in [1.82, 2.24) is 4.31 Å². The van der Waals surface area contributed by atoms with Crippen LogP contribution in [0.15, 0.2) is 30.3 Å². The molecule has 0 spiro atoms. The van der Waals surface area contributed by atoms with Gasteiger partial charge in [0.1, 0.15) is 0 Å². The van der Waals surface area contributed by atoms with Gasteiger partial charge in [-0.2, -0.15) is 0 Å². The van der Waals surface area contributed by atoms with Crippen molar-refractivity contribution in [1.29, 1.82) is 0 Å². The van der Waals surface area contributed by atoms with Crippen molar-refractivity contribution in [2.24, 2.45) is 5.92 Å². The average molecular weight is 295 g/mol. The summed E-state index contributed by atoms with van der Waals surface area (Å²) < 4.78 is 7.82. The fraction of sp³-hybridized carbons (Fsp3) is 0.625. The Morgan fingerprint density at radius 1 is 1.35 bits per heavy atom. The molecular formula is C16H25NO2S. The number of ether oxygens (including phenoxy) is 1. The number of aliphatic hydroxyl groups is 1. The molecule has 1 aliphatic rings. The van der Waals surface area contributed by atoms with Gasteiger partial charge < -0.3 is 9.84 Å². The first kappa shape index (κ1) is 15.8. The molecule has 2 rings (SSSR count). The second-order valence-corrected chi connectivity index (χ2v) is 6.19. The summed E-state index contributed by atoms with van der Waals surface area (Å²) in [6.45, 7) is 4.96. The van der Waals surface area contributed by atoms with Crippen LogP contribution < -0.4 is 0 Å². The molecule has 4 unspecified atom stereocenters. The molecule has 1 saturated heterocycles. The third kappa shape index (κ3) is 3.98. The zero-order chi connectivity index (χ0) is 14.5. The Balaban J connectivity index is 1.97. The van der Waals surface area contributed by atoms with Gasteiger partial charge in [0.2, 0.25) is 0 Å². The van der Waals surface area contributed by atoms with Crippen LogP contribution in [0.25, 0.3) is 0 Å². The Labute approximate surface area is 127 Å². The van der Waals surface area contributed by atoms with E-state index >= 15 is 0 Å². The summed E-state index contributed by atoms with van der Waals surface area (Å²) in [4.78, 5) is 0. The Morgan fingerprint density at radius 2 is 2.05 bits per heavy atom. The summed E-state index contributed by atoms with van der Waals surface area (Å²) in [5.74, 6) is 0.228. The third-order valence-electron chi connectivity index (χ3n) is 4.13. The lowest BCUT2D eigenvalue weighted by atomic mass is 9.93. The van der Waals surface area contributed by atoms with E-state index in [2.05, 4.69) is 31.9 Å². The van der Waals surface area contributed by atoms with Crippen LogP contribution in [0, 0.1) is 5.92 Å². The molecule has 0 amide bonds. The number of thiol groups is 1. The molecule has 1 aromatic rings. The maximum absolute atomic E-state index is 9.90. The van der Waals surface area contributed by atoms with Crippen LogP contribution >= 0.6 is 12.8 Å². The van der Waals surface area contributed by atoms with Crippen LogP contribution in [0.4, 0.5) is 0 Å². The van der Waals surface area contributed by atoms with Crippen molar-refractivity contribution < 1.29 is 9.84 Å². The van der Waals surface area contributed by atoms with Gasteiger partial charge in [-0.25, -0.2) is 4.31 Å². The summed E-state index contributed by atoms with van der Waals surface area (Å²) in [7, 11) is 0. The predicted octanol–water partition coefficient (Wildman–Crippen LogP) is 3.25. The first-order valence-corrected chi connectivity index (χ1v) is 7.84. The Hall–Kier alpha value is -0.550. The number of rotatable bonds is 5. The van der Waals surface area contributed by atoms with E-state index in [4.69, 9.17) is 4.74 Å². The minimum absolute atomic E-state index is 0.0624. The summed E-state index contributed by atoms with van der Waals surface area (Å²) in [5.41, 5.74) is 1.24. The zero-order valence-corrected chi connectivity index (χ0v) is 13.2. The lowest BCUT2D eigenvalue weighted by Gasteiger charge is -2.39. The molecule has 4 atom stereocenters. The van der Waals surface area contributed by atoms with E-state index in [1.807, 2.05) is 29.4 Å². The molecule has 0 aliphatic carbocycles. The summed E-state index contributed by atoms with van der Waals surface area (Å²) in [5, 5.41) is 9.90. The van der Waals surface area contributed by atoms with Crippen LogP contribution in [-0.4, -0.2) is 27.8 Å². The molecule has 0 aromatic heterocycles. The molecule has 1 heterocycles. The molecule has 0 saturated carbocycles. The number of nitrogens with zero attached hydrogens (tertiary/aromatic N) is 1. The normalized spacial score (nSPS) is 28.6. The second kappa shape index (κ2) is 7.46. The highest BCUT2D eigenvalue weighted by atomic mass is 32.1. The fourth-order valence-corrected chi connectivity index (χ4v) is 3.26. The zero-order valence-electron chi connectivity index (χ0n) is 12.3. The molecule has 1 aromatic carbocycles. The minimum atomic E-state index is -0.638. The van der Waals surface area contributed by atoms with Gasteiger partial charge in [-0.3, -0.25) is 0 Å². The van der Waals surface area contributed by atoms with Crippen molar-refractivity contribution in [2.45, 2.75) is 58.1 Å².